The topological polar surface area (TPSA) is 66.8 Å². The molecule has 0 fully saturated rings. The summed E-state index contributed by atoms with van der Waals surface area (Å²) in [6.45, 7) is 6.18. The lowest BCUT2D eigenvalue weighted by Gasteiger charge is -2.27. The molecule has 1 heterocycles. The molecule has 0 aromatic heterocycles. The van der Waals surface area contributed by atoms with E-state index in [-0.39, 0.29) is 35.0 Å². The third-order valence-corrected chi connectivity index (χ3v) is 5.18. The maximum absolute atomic E-state index is 12.8. The van der Waals surface area contributed by atoms with Crippen LogP contribution in [0.15, 0.2) is 59.7 Å². The Balaban J connectivity index is 1.82. The van der Waals surface area contributed by atoms with Gasteiger partial charge in [0.15, 0.2) is 5.78 Å². The number of phenols is 2. The highest BCUT2D eigenvalue weighted by Gasteiger charge is 2.32. The van der Waals surface area contributed by atoms with Gasteiger partial charge in [0.1, 0.15) is 28.9 Å². The Hall–Kier alpha value is -3.01. The molecular formula is C25H28O4. The number of ether oxygens (including phenoxy) is 1. The van der Waals surface area contributed by atoms with E-state index in [4.69, 9.17) is 4.74 Å². The van der Waals surface area contributed by atoms with Gasteiger partial charge in [0.25, 0.3) is 0 Å². The van der Waals surface area contributed by atoms with Gasteiger partial charge in [-0.25, -0.2) is 0 Å². The van der Waals surface area contributed by atoms with Gasteiger partial charge in [-0.3, -0.25) is 4.79 Å². The second-order valence-corrected chi connectivity index (χ2v) is 7.82. The number of rotatable bonds is 6. The van der Waals surface area contributed by atoms with Crippen molar-refractivity contribution < 1.29 is 19.7 Å². The number of phenolic OH excluding ortho intramolecular Hbond substituents is 2. The van der Waals surface area contributed by atoms with Gasteiger partial charge >= 0.3 is 0 Å². The largest absolute Gasteiger partial charge is 0.507 e. The fraction of sp³-hybridized carbons (Fsp3) is 0.320. The Kier molecular flexibility index (Phi) is 6.42. The van der Waals surface area contributed by atoms with Gasteiger partial charge in [0.05, 0.1) is 6.42 Å². The minimum Gasteiger partial charge on any atom is -0.507 e. The highest BCUT2D eigenvalue weighted by atomic mass is 16.5. The lowest BCUT2D eigenvalue weighted by Crippen LogP contribution is -2.20. The second kappa shape index (κ2) is 8.99. The second-order valence-electron chi connectivity index (χ2n) is 7.82. The highest BCUT2D eigenvalue weighted by Crippen LogP contribution is 2.44. The molecule has 0 aliphatic carbocycles. The van der Waals surface area contributed by atoms with Gasteiger partial charge in [0.2, 0.25) is 0 Å². The monoisotopic (exact) mass is 392 g/mol. The van der Waals surface area contributed by atoms with Crippen molar-refractivity contribution >= 4 is 5.78 Å². The minimum atomic E-state index is -0.418. The Morgan fingerprint density at radius 1 is 1.14 bits per heavy atom. The van der Waals surface area contributed by atoms with E-state index in [0.29, 0.717) is 12.0 Å². The van der Waals surface area contributed by atoms with Gasteiger partial charge in [-0.1, -0.05) is 53.6 Å². The van der Waals surface area contributed by atoms with Crippen LogP contribution in [0.25, 0.3) is 0 Å². The van der Waals surface area contributed by atoms with Crippen LogP contribution >= 0.6 is 0 Å². The molecule has 0 amide bonds. The van der Waals surface area contributed by atoms with Crippen LogP contribution in [0.4, 0.5) is 0 Å². The van der Waals surface area contributed by atoms with Crippen LogP contribution in [-0.2, 0) is 6.42 Å². The molecule has 1 aliphatic rings. The summed E-state index contributed by atoms with van der Waals surface area (Å²) in [7, 11) is 0. The number of allylic oxidation sites excluding steroid dienone is 4. The average Bonchev–Trinajstić information content (AvgIpc) is 2.67. The number of carbonyl (C=O) groups excluding carboxylic acids is 1. The van der Waals surface area contributed by atoms with E-state index in [0.717, 1.165) is 18.4 Å². The van der Waals surface area contributed by atoms with Crippen LogP contribution in [0.5, 0.6) is 17.2 Å². The third-order valence-electron chi connectivity index (χ3n) is 5.18. The molecule has 0 saturated carbocycles. The number of fused-ring (bicyclic) bond motifs is 1. The van der Waals surface area contributed by atoms with Crippen molar-refractivity contribution in [1.29, 1.82) is 0 Å². The molecule has 0 spiro atoms. The van der Waals surface area contributed by atoms with Gasteiger partial charge in [0, 0.05) is 11.6 Å². The summed E-state index contributed by atoms with van der Waals surface area (Å²) in [4.78, 5) is 12.8. The van der Waals surface area contributed by atoms with Crippen LogP contribution in [0, 0.1) is 0 Å². The number of hydrogen-bond donors (Lipinski definition) is 2. The lowest BCUT2D eigenvalue weighted by molar-refractivity contribution is 0.0844. The molecule has 3 rings (SSSR count). The SMILES string of the molecule is CC(C)=CCC/C(C)=C/Cc1c(O)cc2c(c1O)C(=O)C[C@H](c1ccccc1)O2. The zero-order chi connectivity index (χ0) is 21.0. The number of Topliss-reactive ketones (excluding diaryl/α,β-unsaturated/α-hetero) is 1. The standard InChI is InChI=1S/C25H28O4/c1-16(2)8-7-9-17(3)12-13-19-20(26)14-23-24(25(19)28)21(27)15-22(29-23)18-10-5-4-6-11-18/h4-6,8,10-12,14,22,26,28H,7,9,13,15H2,1-3H3/b17-12+/t22-/m1/s1. The van der Waals surface area contributed by atoms with E-state index >= 15 is 0 Å². The Morgan fingerprint density at radius 2 is 1.86 bits per heavy atom. The first kappa shape index (κ1) is 20.7. The summed E-state index contributed by atoms with van der Waals surface area (Å²) in [6.07, 6.45) is 6.15. The maximum Gasteiger partial charge on any atom is 0.174 e. The zero-order valence-corrected chi connectivity index (χ0v) is 17.2. The minimum absolute atomic E-state index is 0.0592. The lowest BCUT2D eigenvalue weighted by atomic mass is 9.92. The fourth-order valence-corrected chi connectivity index (χ4v) is 3.52. The molecule has 152 valence electrons. The van der Waals surface area contributed by atoms with E-state index in [2.05, 4.69) is 19.9 Å². The molecule has 0 saturated heterocycles. The van der Waals surface area contributed by atoms with Crippen molar-refractivity contribution in [2.24, 2.45) is 0 Å². The summed E-state index contributed by atoms with van der Waals surface area (Å²) in [5.74, 6) is -0.179. The quantitative estimate of drug-likeness (QED) is 0.588. The molecule has 1 aliphatic heterocycles. The smallest absolute Gasteiger partial charge is 0.174 e. The van der Waals surface area contributed by atoms with Crippen LogP contribution < -0.4 is 4.74 Å². The van der Waals surface area contributed by atoms with Crippen molar-refractivity contribution in [3.05, 3.63) is 76.4 Å². The van der Waals surface area contributed by atoms with Crippen molar-refractivity contribution in [3.8, 4) is 17.2 Å². The van der Waals surface area contributed by atoms with Crippen molar-refractivity contribution in [2.75, 3.05) is 0 Å². The third kappa shape index (κ3) is 4.89. The van der Waals surface area contributed by atoms with Crippen molar-refractivity contribution in [3.63, 3.8) is 0 Å². The predicted molar refractivity (Wildman–Crippen MR) is 115 cm³/mol. The number of carbonyl (C=O) groups is 1. The molecular weight excluding hydrogens is 364 g/mol. The molecule has 4 nitrogen and oxygen atoms in total. The first-order chi connectivity index (χ1) is 13.9. The van der Waals surface area contributed by atoms with E-state index in [1.165, 1.54) is 17.2 Å². The number of benzene rings is 2. The molecule has 0 bridgehead atoms. The van der Waals surface area contributed by atoms with Crippen LogP contribution in [0.3, 0.4) is 0 Å². The fourth-order valence-electron chi connectivity index (χ4n) is 3.52. The Morgan fingerprint density at radius 3 is 2.55 bits per heavy atom. The molecule has 2 aromatic carbocycles. The summed E-state index contributed by atoms with van der Waals surface area (Å²) in [5, 5.41) is 21.2. The molecule has 29 heavy (non-hydrogen) atoms. The summed E-state index contributed by atoms with van der Waals surface area (Å²) >= 11 is 0. The van der Waals surface area contributed by atoms with Gasteiger partial charge in [-0.2, -0.15) is 0 Å². The van der Waals surface area contributed by atoms with Crippen LogP contribution in [-0.4, -0.2) is 16.0 Å². The Bertz CT molecular complexity index is 951. The Labute approximate surface area is 172 Å². The van der Waals surface area contributed by atoms with E-state index in [1.54, 1.807) is 0 Å². The molecule has 1 atom stereocenters. The van der Waals surface area contributed by atoms with Crippen molar-refractivity contribution in [1.82, 2.24) is 0 Å². The molecule has 0 radical (unpaired) electrons. The van der Waals surface area contributed by atoms with Gasteiger partial charge in [-0.05, 0) is 45.6 Å². The van der Waals surface area contributed by atoms with Gasteiger partial charge < -0.3 is 14.9 Å². The normalized spacial score (nSPS) is 16.2. The van der Waals surface area contributed by atoms with Gasteiger partial charge in [-0.15, -0.1) is 0 Å². The molecule has 2 aromatic rings. The average molecular weight is 392 g/mol. The summed E-state index contributed by atoms with van der Waals surface area (Å²) < 4.78 is 5.94. The highest BCUT2D eigenvalue weighted by molar-refractivity contribution is 6.03. The summed E-state index contributed by atoms with van der Waals surface area (Å²) in [5.41, 5.74) is 3.88. The number of hydrogen-bond acceptors (Lipinski definition) is 4. The first-order valence-corrected chi connectivity index (χ1v) is 9.98. The summed E-state index contributed by atoms with van der Waals surface area (Å²) in [6, 6.07) is 10.9. The molecule has 0 unspecified atom stereocenters. The first-order valence-electron chi connectivity index (χ1n) is 9.98. The predicted octanol–water partition coefficient (Wildman–Crippen LogP) is 6.04. The zero-order valence-electron chi connectivity index (χ0n) is 17.2. The van der Waals surface area contributed by atoms with E-state index < -0.39 is 6.10 Å². The number of aromatic hydroxyl groups is 2. The van der Waals surface area contributed by atoms with E-state index in [9.17, 15) is 15.0 Å². The molecule has 2 N–H and O–H groups in total. The number of ketones is 1. The molecule has 4 heteroatoms. The van der Waals surface area contributed by atoms with Crippen molar-refractivity contribution in [2.45, 2.75) is 52.6 Å². The maximum atomic E-state index is 12.8. The van der Waals surface area contributed by atoms with E-state index in [1.807, 2.05) is 43.3 Å². The van der Waals surface area contributed by atoms with Crippen LogP contribution in [0.1, 0.15) is 67.6 Å². The van der Waals surface area contributed by atoms with Crippen LogP contribution in [0.2, 0.25) is 0 Å².